The first kappa shape index (κ1) is 21.4. The molecule has 8 heteroatoms. The first-order valence-electron chi connectivity index (χ1n) is 11.8. The Balaban J connectivity index is 1.27. The Morgan fingerprint density at radius 3 is 2.58 bits per heavy atom. The van der Waals surface area contributed by atoms with Crippen molar-refractivity contribution >= 4 is 28.6 Å². The third-order valence-corrected chi connectivity index (χ3v) is 6.54. The summed E-state index contributed by atoms with van der Waals surface area (Å²) in [6, 6.07) is 11.3. The number of carbonyl (C=O) groups excluding carboxylic acids is 1. The molecular weight excluding hydrogens is 418 g/mol. The number of carbonyl (C=O) groups is 1. The zero-order valence-corrected chi connectivity index (χ0v) is 18.9. The molecule has 0 radical (unpaired) electrons. The Hall–Kier alpha value is -3.42. The number of hydrogen-bond donors (Lipinski definition) is 1. The van der Waals surface area contributed by atoms with Crippen LogP contribution in [-0.4, -0.2) is 53.0 Å². The summed E-state index contributed by atoms with van der Waals surface area (Å²) in [7, 11) is 0. The van der Waals surface area contributed by atoms with Gasteiger partial charge in [0.15, 0.2) is 0 Å². The Morgan fingerprint density at radius 1 is 1.03 bits per heavy atom. The summed E-state index contributed by atoms with van der Waals surface area (Å²) in [5.74, 6) is 1.27. The highest BCUT2D eigenvalue weighted by Gasteiger charge is 2.26. The highest BCUT2D eigenvalue weighted by Crippen LogP contribution is 2.23. The lowest BCUT2D eigenvalue weighted by atomic mass is 9.96. The normalized spacial score (nSPS) is 17.4. The average molecular weight is 448 g/mol. The maximum atomic E-state index is 13.0. The van der Waals surface area contributed by atoms with Crippen LogP contribution in [0.25, 0.3) is 11.0 Å². The molecule has 0 atom stereocenters. The fourth-order valence-corrected chi connectivity index (χ4v) is 4.73. The molecule has 2 aliphatic rings. The zero-order chi connectivity index (χ0) is 22.8. The van der Waals surface area contributed by atoms with E-state index >= 15 is 0 Å². The van der Waals surface area contributed by atoms with E-state index in [9.17, 15) is 9.59 Å². The molecule has 172 valence electrons. The molecule has 0 unspecified atom stereocenters. The van der Waals surface area contributed by atoms with Crippen molar-refractivity contribution in [3.63, 3.8) is 0 Å². The number of para-hydroxylation sites is 1. The van der Waals surface area contributed by atoms with Crippen molar-refractivity contribution in [2.45, 2.75) is 45.1 Å². The monoisotopic (exact) mass is 447 g/mol. The van der Waals surface area contributed by atoms with Gasteiger partial charge in [0, 0.05) is 49.4 Å². The molecule has 0 spiro atoms. The first-order valence-corrected chi connectivity index (χ1v) is 11.8. The van der Waals surface area contributed by atoms with Crippen LogP contribution in [-0.2, 0) is 0 Å². The minimum Gasteiger partial charge on any atom is -0.422 e. The van der Waals surface area contributed by atoms with Gasteiger partial charge in [-0.1, -0.05) is 37.5 Å². The van der Waals surface area contributed by atoms with Crippen molar-refractivity contribution in [2.75, 3.05) is 36.4 Å². The first-order chi connectivity index (χ1) is 16.1. The SMILES string of the molecule is Cc1cc(N2CCN(C(=O)c3cc4ccccc4oc3=O)CC2)nc(NC2CCCCC2)n1. The Morgan fingerprint density at radius 2 is 1.79 bits per heavy atom. The molecule has 33 heavy (non-hydrogen) atoms. The van der Waals surface area contributed by atoms with Gasteiger partial charge in [-0.15, -0.1) is 0 Å². The van der Waals surface area contributed by atoms with Crippen LogP contribution in [0.15, 0.2) is 45.6 Å². The minimum absolute atomic E-state index is 0.0824. The van der Waals surface area contributed by atoms with Crippen LogP contribution < -0.4 is 15.8 Å². The molecule has 8 nitrogen and oxygen atoms in total. The van der Waals surface area contributed by atoms with Gasteiger partial charge in [-0.25, -0.2) is 9.78 Å². The van der Waals surface area contributed by atoms with Crippen LogP contribution in [0.2, 0.25) is 0 Å². The van der Waals surface area contributed by atoms with Gasteiger partial charge in [0.05, 0.1) is 0 Å². The van der Waals surface area contributed by atoms with E-state index in [1.165, 1.54) is 19.3 Å². The molecule has 1 N–H and O–H groups in total. The van der Waals surface area contributed by atoms with Crippen LogP contribution in [0.3, 0.4) is 0 Å². The van der Waals surface area contributed by atoms with Gasteiger partial charge < -0.3 is 19.5 Å². The number of nitrogens with zero attached hydrogens (tertiary/aromatic N) is 4. The van der Waals surface area contributed by atoms with E-state index in [0.717, 1.165) is 29.7 Å². The van der Waals surface area contributed by atoms with Crippen molar-refractivity contribution in [3.05, 3.63) is 58.1 Å². The lowest BCUT2D eigenvalue weighted by Crippen LogP contribution is -2.49. The quantitative estimate of drug-likeness (QED) is 0.611. The Kier molecular flexibility index (Phi) is 5.98. The van der Waals surface area contributed by atoms with E-state index in [1.807, 2.05) is 25.1 Å². The van der Waals surface area contributed by atoms with Gasteiger partial charge in [0.1, 0.15) is 17.0 Å². The molecule has 5 rings (SSSR count). The van der Waals surface area contributed by atoms with Gasteiger partial charge in [-0.05, 0) is 31.9 Å². The maximum Gasteiger partial charge on any atom is 0.349 e. The summed E-state index contributed by atoms with van der Waals surface area (Å²) in [6.45, 7) is 4.29. The summed E-state index contributed by atoms with van der Waals surface area (Å²) >= 11 is 0. The van der Waals surface area contributed by atoms with Gasteiger partial charge in [0.2, 0.25) is 5.95 Å². The molecule has 2 aromatic heterocycles. The highest BCUT2D eigenvalue weighted by atomic mass is 16.4. The van der Waals surface area contributed by atoms with E-state index in [1.54, 1.807) is 23.1 Å². The lowest BCUT2D eigenvalue weighted by molar-refractivity contribution is 0.0742. The molecule has 1 saturated heterocycles. The van der Waals surface area contributed by atoms with Gasteiger partial charge in [-0.2, -0.15) is 4.98 Å². The van der Waals surface area contributed by atoms with E-state index in [-0.39, 0.29) is 11.5 Å². The number of rotatable bonds is 4. The number of aromatic nitrogens is 2. The van der Waals surface area contributed by atoms with Gasteiger partial charge >= 0.3 is 5.63 Å². The van der Waals surface area contributed by atoms with Crippen molar-refractivity contribution in [1.29, 1.82) is 0 Å². The predicted octanol–water partition coefficient (Wildman–Crippen LogP) is 3.60. The molecule has 1 saturated carbocycles. The molecule has 1 amide bonds. The summed E-state index contributed by atoms with van der Waals surface area (Å²) in [6.07, 6.45) is 6.14. The smallest absolute Gasteiger partial charge is 0.349 e. The maximum absolute atomic E-state index is 13.0. The van der Waals surface area contributed by atoms with Gasteiger partial charge in [-0.3, -0.25) is 4.79 Å². The number of nitrogens with one attached hydrogen (secondary N) is 1. The largest absolute Gasteiger partial charge is 0.422 e. The Labute approximate surface area is 192 Å². The summed E-state index contributed by atoms with van der Waals surface area (Å²) in [4.78, 5) is 38.7. The molecule has 3 aromatic rings. The minimum atomic E-state index is -0.592. The van der Waals surface area contributed by atoms with E-state index < -0.39 is 5.63 Å². The van der Waals surface area contributed by atoms with Crippen LogP contribution in [0, 0.1) is 6.92 Å². The van der Waals surface area contributed by atoms with Crippen molar-refractivity contribution < 1.29 is 9.21 Å². The number of piperazine rings is 1. The fourth-order valence-electron chi connectivity index (χ4n) is 4.73. The van der Waals surface area contributed by atoms with Crippen LogP contribution in [0.1, 0.15) is 48.2 Å². The van der Waals surface area contributed by atoms with Crippen LogP contribution >= 0.6 is 0 Å². The highest BCUT2D eigenvalue weighted by molar-refractivity contribution is 5.96. The molecule has 3 heterocycles. The molecular formula is C25H29N5O3. The number of amides is 1. The molecule has 1 aliphatic heterocycles. The van der Waals surface area contributed by atoms with Crippen molar-refractivity contribution in [1.82, 2.24) is 14.9 Å². The Bertz CT molecular complexity index is 1210. The number of hydrogen-bond acceptors (Lipinski definition) is 7. The molecule has 1 aromatic carbocycles. The number of benzene rings is 1. The second kappa shape index (κ2) is 9.21. The van der Waals surface area contributed by atoms with Crippen molar-refractivity contribution in [2.24, 2.45) is 0 Å². The summed E-state index contributed by atoms with van der Waals surface area (Å²) < 4.78 is 5.35. The second-order valence-electron chi connectivity index (χ2n) is 8.94. The van der Waals surface area contributed by atoms with Gasteiger partial charge in [0.25, 0.3) is 5.91 Å². The van der Waals surface area contributed by atoms with E-state index in [4.69, 9.17) is 9.40 Å². The number of anilines is 2. The second-order valence-corrected chi connectivity index (χ2v) is 8.94. The topological polar surface area (TPSA) is 91.6 Å². The molecule has 2 fully saturated rings. The van der Waals surface area contributed by atoms with E-state index in [0.29, 0.717) is 43.8 Å². The third kappa shape index (κ3) is 4.69. The van der Waals surface area contributed by atoms with Crippen LogP contribution in [0.5, 0.6) is 0 Å². The zero-order valence-electron chi connectivity index (χ0n) is 18.9. The standard InChI is InChI=1S/C25H29N5O3/c1-17-15-22(28-25(26-17)27-19-8-3-2-4-9-19)29-11-13-30(14-12-29)23(31)20-16-18-7-5-6-10-21(18)33-24(20)32/h5-7,10,15-16,19H,2-4,8-9,11-14H2,1H3,(H,26,27,28). The molecule has 1 aliphatic carbocycles. The lowest BCUT2D eigenvalue weighted by Gasteiger charge is -2.35. The fraction of sp³-hybridized carbons (Fsp3) is 0.440. The summed E-state index contributed by atoms with van der Waals surface area (Å²) in [5, 5.41) is 4.26. The molecule has 0 bridgehead atoms. The summed E-state index contributed by atoms with van der Waals surface area (Å²) in [5.41, 5.74) is 0.899. The van der Waals surface area contributed by atoms with Crippen LogP contribution in [0.4, 0.5) is 11.8 Å². The third-order valence-electron chi connectivity index (χ3n) is 6.54. The average Bonchev–Trinajstić information content (AvgIpc) is 2.83. The predicted molar refractivity (Wildman–Crippen MR) is 128 cm³/mol. The number of aryl methyl sites for hydroxylation is 1. The van der Waals surface area contributed by atoms with E-state index in [2.05, 4.69) is 15.2 Å². The number of fused-ring (bicyclic) bond motifs is 1. The van der Waals surface area contributed by atoms with Crippen molar-refractivity contribution in [3.8, 4) is 0 Å².